The van der Waals surface area contributed by atoms with E-state index in [0.717, 1.165) is 95.6 Å². The Labute approximate surface area is 768 Å². The van der Waals surface area contributed by atoms with E-state index in [1.165, 1.54) is 21.6 Å². The molecule has 0 spiro atoms. The maximum absolute atomic E-state index is 11.8. The highest BCUT2D eigenvalue weighted by atomic mass is 33.1. The molecule has 0 saturated heterocycles. The summed E-state index contributed by atoms with van der Waals surface area (Å²) >= 11 is 0. The lowest BCUT2D eigenvalue weighted by Crippen LogP contribution is -2.37. The first kappa shape index (κ1) is 136. The van der Waals surface area contributed by atoms with E-state index in [1.54, 1.807) is 37.9 Å². The van der Waals surface area contributed by atoms with Crippen molar-refractivity contribution in [1.29, 1.82) is 0 Å². The van der Waals surface area contributed by atoms with Gasteiger partial charge in [-0.2, -0.15) is 0 Å². The Kier molecular flexibility index (Phi) is 114. The van der Waals surface area contributed by atoms with Crippen molar-refractivity contribution in [3.05, 3.63) is 23.8 Å². The summed E-state index contributed by atoms with van der Waals surface area (Å²) in [6.45, 7) is 26.1. The number of nitrogens with one attached hydrogen (secondary N) is 2. The summed E-state index contributed by atoms with van der Waals surface area (Å²) in [4.78, 5) is 74.1. The number of phosphoric acid groups is 2. The molecule has 0 aliphatic carbocycles. The Morgan fingerprint density at radius 3 is 0.984 bits per heavy atom. The topological polar surface area (TPSA) is 577 Å². The molecule has 16 N–H and O–H groups in total. The maximum Gasteiger partial charge on any atom is 0.471 e. The van der Waals surface area contributed by atoms with Crippen LogP contribution in [0.4, 0.5) is 0 Å². The van der Waals surface area contributed by atoms with E-state index < -0.39 is 21.7 Å². The van der Waals surface area contributed by atoms with Gasteiger partial charge in [0.1, 0.15) is 5.78 Å². The molecule has 42 nitrogen and oxygen atoms in total. The molecule has 0 radical (unpaired) electrons. The van der Waals surface area contributed by atoms with Gasteiger partial charge in [-0.25, -0.2) is 18.5 Å². The van der Waals surface area contributed by atoms with Gasteiger partial charge in [-0.3, -0.25) is 37.3 Å². The van der Waals surface area contributed by atoms with Crippen LogP contribution in [0.2, 0.25) is 0 Å². The Morgan fingerprint density at radius 2 is 0.690 bits per heavy atom. The first-order chi connectivity index (χ1) is 59.1. The molecule has 0 aliphatic heterocycles. The highest BCUT2D eigenvalue weighted by Gasteiger charge is 2.19. The smallest absolute Gasteiger partial charge is 0.379 e. The van der Waals surface area contributed by atoms with Gasteiger partial charge in [-0.1, -0.05) is 116 Å². The van der Waals surface area contributed by atoms with Crippen molar-refractivity contribution < 1.29 is 132 Å². The van der Waals surface area contributed by atoms with Crippen LogP contribution in [0.15, 0.2) is 12.4 Å². The molecule has 0 aliphatic rings. The van der Waals surface area contributed by atoms with Gasteiger partial charge in [0.05, 0.1) is 254 Å². The summed E-state index contributed by atoms with van der Waals surface area (Å²) in [6, 6.07) is -0.941. The van der Waals surface area contributed by atoms with Crippen molar-refractivity contribution in [3.63, 3.8) is 0 Å². The van der Waals surface area contributed by atoms with Crippen molar-refractivity contribution >= 4 is 88.0 Å². The Bertz CT molecular complexity index is 2730. The molecule has 126 heavy (non-hydrogen) atoms. The third-order valence-corrected chi connectivity index (χ3v) is 21.9. The van der Waals surface area contributed by atoms with Gasteiger partial charge in [-0.15, -0.1) is 10.2 Å². The number of carbonyl (C=O) groups excluding carboxylic acids is 5. The van der Waals surface area contributed by atoms with Crippen molar-refractivity contribution in [2.24, 2.45) is 34.4 Å². The molecule has 752 valence electrons. The molecule has 4 atom stereocenters. The molecule has 48 heteroatoms. The zero-order valence-corrected chi connectivity index (χ0v) is 78.4. The SMILES string of the molecule is C.C.C.C.CC(=O)CCCOCCOCCC(=O)NCCOCCOCCOCCn1cc(C)nn1.CCCSSC[C@H](N)C(=O)CN.COP(=O)(O)OCCCCCCN.COP(=O)(O)OCCCCCCN.Cc1cn(CCOCCOCCOCCOCCOCCOCCOCCOCCOCCOCCNC(=O)CCSSC[C@H](N)C(=O)CN)nn1. The van der Waals surface area contributed by atoms with E-state index in [4.69, 9.17) is 115 Å². The predicted molar refractivity (Wildman–Crippen MR) is 499 cm³/mol. The van der Waals surface area contributed by atoms with Crippen LogP contribution in [0.1, 0.15) is 138 Å². The summed E-state index contributed by atoms with van der Waals surface area (Å²) in [5.74, 6) is 2.71. The first-order valence-corrected chi connectivity index (χ1v) is 49.4. The average molecular weight is 1940 g/mol. The summed E-state index contributed by atoms with van der Waals surface area (Å²) in [7, 11) is 1.16. The van der Waals surface area contributed by atoms with Gasteiger partial charge in [-0.05, 0) is 72.4 Å². The fourth-order valence-corrected chi connectivity index (χ4v) is 13.7. The lowest BCUT2D eigenvalue weighted by molar-refractivity contribution is -0.123. The molecule has 2 amide bonds. The fourth-order valence-electron chi connectivity index (χ4n) is 8.29. The molecule has 0 saturated carbocycles. The lowest BCUT2D eigenvalue weighted by atomic mass is 10.2. The number of ether oxygens (including phenoxy) is 15. The van der Waals surface area contributed by atoms with Gasteiger partial charge < -0.3 is 131 Å². The van der Waals surface area contributed by atoms with E-state index in [1.807, 2.05) is 26.2 Å². The highest BCUT2D eigenvalue weighted by Crippen LogP contribution is 2.42. The number of carbonyl (C=O) groups is 5. The number of nitrogens with zero attached hydrogens (tertiary/aromatic N) is 6. The van der Waals surface area contributed by atoms with Crippen molar-refractivity contribution in [1.82, 2.24) is 40.6 Å². The van der Waals surface area contributed by atoms with E-state index in [-0.39, 0.29) is 91.2 Å². The van der Waals surface area contributed by atoms with E-state index in [9.17, 15) is 33.1 Å². The summed E-state index contributed by atoms with van der Waals surface area (Å²) in [5.41, 5.74) is 34.0. The maximum atomic E-state index is 11.8. The van der Waals surface area contributed by atoms with Gasteiger partial charge in [0.2, 0.25) is 11.8 Å². The van der Waals surface area contributed by atoms with Crippen molar-refractivity contribution in [3.8, 4) is 0 Å². The minimum absolute atomic E-state index is 0. The Hall–Kier alpha value is -2.99. The Balaban J connectivity index is -0.000000322. The molecule has 2 unspecified atom stereocenters. The zero-order valence-electron chi connectivity index (χ0n) is 73.3. The predicted octanol–water partition coefficient (Wildman–Crippen LogP) is 5.76. The number of amides is 2. The number of ketones is 3. The van der Waals surface area contributed by atoms with Gasteiger partial charge >= 0.3 is 15.6 Å². The van der Waals surface area contributed by atoms with Crippen LogP contribution < -0.4 is 45.0 Å². The second-order valence-corrected chi connectivity index (χ2v) is 34.0. The number of phosphoric ester groups is 2. The van der Waals surface area contributed by atoms with Crippen LogP contribution in [-0.2, 0) is 135 Å². The second kappa shape index (κ2) is 106. The van der Waals surface area contributed by atoms with Crippen LogP contribution in [0, 0.1) is 13.8 Å². The van der Waals surface area contributed by atoms with E-state index in [2.05, 4.69) is 56.3 Å². The van der Waals surface area contributed by atoms with Crippen LogP contribution in [-0.4, -0.2) is 369 Å². The molecule has 2 aromatic heterocycles. The number of unbranched alkanes of at least 4 members (excludes halogenated alkanes) is 6. The quantitative estimate of drug-likeness (QED) is 0.0214. The standard InChI is InChI=1S/C32H62N6O12S2.C21H38N4O7.C7H16N2OS2.2C7H18NO4P.4CH4/c1-29-27-38(37-36-29)4-6-42-8-10-44-12-14-46-16-18-48-20-22-50-24-23-49-21-19-47-17-15-45-13-11-43-9-7-41-5-3-35-32(40)2-25-51-52-28-30(34)31(39)26-33;1-19-18-25(24-23-19)7-11-31-15-17-32-16-14-30-10-6-22-21(27)5-9-29-13-12-28-8-3-4-20(2)26;1-2-3-11-12-5-6(9)7(10)4-8;2*1-11-13(9,10)12-7-5-3-2-4-6-8;;;;/h27,30H,2-26,28,33-34H2,1H3,(H,35,40);18H,3-17H2,1-2H3,(H,22,27);6H,2-5,8-9H2,1H3;2*2-8H2,1H3,(H,9,10);4*1H4/t30-;;6-;;;;;;/m0.0....../s1. The van der Waals surface area contributed by atoms with Crippen molar-refractivity contribution in [2.75, 3.05) is 288 Å². The van der Waals surface area contributed by atoms with E-state index in [0.29, 0.717) is 274 Å². The van der Waals surface area contributed by atoms with Gasteiger partial charge in [0.15, 0.2) is 11.6 Å². The number of aromatic nitrogens is 6. The average Bonchev–Trinajstić information content (AvgIpc) is 1.83. The Morgan fingerprint density at radius 1 is 0.397 bits per heavy atom. The third kappa shape index (κ3) is 106. The van der Waals surface area contributed by atoms with Gasteiger partial charge in [0, 0.05) is 88.6 Å². The van der Waals surface area contributed by atoms with Crippen molar-refractivity contribution in [2.45, 2.75) is 166 Å². The number of rotatable bonds is 86. The van der Waals surface area contributed by atoms with Crippen LogP contribution >= 0.6 is 58.8 Å². The fraction of sp³-hybridized carbons (Fsp3) is 0.885. The molecule has 0 bridgehead atoms. The van der Waals surface area contributed by atoms with Crippen LogP contribution in [0.25, 0.3) is 0 Å². The minimum Gasteiger partial charge on any atom is -0.379 e. The molecule has 2 aromatic rings. The molecule has 2 rings (SSSR count). The summed E-state index contributed by atoms with van der Waals surface area (Å²) in [6.07, 6.45) is 14.3. The van der Waals surface area contributed by atoms with E-state index >= 15 is 0 Å². The first-order valence-electron chi connectivity index (χ1n) is 41.4. The molecule has 0 fully saturated rings. The normalized spacial score (nSPS) is 12.2. The molecular weight excluding hydrogens is 1770 g/mol. The molecule has 0 aromatic carbocycles. The lowest BCUT2D eigenvalue weighted by Gasteiger charge is -2.09. The van der Waals surface area contributed by atoms with Crippen LogP contribution in [0.3, 0.4) is 0 Å². The number of hydrogen-bond acceptors (Lipinski definition) is 40. The second-order valence-electron chi connectivity index (χ2n) is 25.6. The number of Topliss-reactive ketones (excluding diaryl/α,β-unsaturated/α-hetero) is 3. The zero-order chi connectivity index (χ0) is 90.6. The monoisotopic (exact) mass is 1940 g/mol. The largest absolute Gasteiger partial charge is 0.471 e. The number of aryl methyl sites for hydroxylation is 2. The number of nitrogens with two attached hydrogens (primary N) is 6. The van der Waals surface area contributed by atoms with Gasteiger partial charge in [0.25, 0.3) is 0 Å². The summed E-state index contributed by atoms with van der Waals surface area (Å²) < 4.78 is 124. The summed E-state index contributed by atoms with van der Waals surface area (Å²) in [5, 5.41) is 21.3. The third-order valence-electron chi connectivity index (χ3n) is 14.9. The van der Waals surface area contributed by atoms with Crippen LogP contribution in [0.5, 0.6) is 0 Å². The highest BCUT2D eigenvalue weighted by molar-refractivity contribution is 8.77. The molecular formula is C78H168N14O28P2S4. The minimum atomic E-state index is -3.75. The number of hydrogen-bond donors (Lipinski definition) is 10. The molecule has 2 heterocycles.